The fourth-order valence-corrected chi connectivity index (χ4v) is 3.25. The number of benzene rings is 2. The molecule has 1 fully saturated rings. The van der Waals surface area contributed by atoms with Crippen LogP contribution in [-0.2, 0) is 4.74 Å². The van der Waals surface area contributed by atoms with Crippen molar-refractivity contribution < 1.29 is 14.3 Å². The van der Waals surface area contributed by atoms with Crippen molar-refractivity contribution in [3.63, 3.8) is 0 Å². The van der Waals surface area contributed by atoms with Gasteiger partial charge in [0.25, 0.3) is 5.91 Å². The van der Waals surface area contributed by atoms with E-state index in [1.54, 1.807) is 19.1 Å². The zero-order valence-corrected chi connectivity index (χ0v) is 17.0. The summed E-state index contributed by atoms with van der Waals surface area (Å²) in [6, 6.07) is 16.7. The number of ether oxygens (including phenoxy) is 2. The molecule has 1 N–H and O–H groups in total. The minimum Gasteiger partial charge on any atom is -0.492 e. The van der Waals surface area contributed by atoms with Gasteiger partial charge in [-0.3, -0.25) is 9.69 Å². The number of hydrogen-bond donors (Lipinski definition) is 1. The number of anilines is 2. The largest absolute Gasteiger partial charge is 0.492 e. The van der Waals surface area contributed by atoms with Gasteiger partial charge in [0.05, 0.1) is 13.2 Å². The van der Waals surface area contributed by atoms with Crippen molar-refractivity contribution in [2.24, 2.45) is 0 Å². The summed E-state index contributed by atoms with van der Waals surface area (Å²) < 4.78 is 12.6. The minimum absolute atomic E-state index is 0.214. The molecule has 3 aromatic rings. The van der Waals surface area contributed by atoms with E-state index in [1.807, 2.05) is 42.5 Å². The van der Waals surface area contributed by atoms with Crippen LogP contribution in [0.3, 0.4) is 0 Å². The van der Waals surface area contributed by atoms with Crippen LogP contribution in [0.4, 0.5) is 11.6 Å². The summed E-state index contributed by atoms with van der Waals surface area (Å²) in [4.78, 5) is 19.3. The van der Waals surface area contributed by atoms with Crippen LogP contribution in [0.5, 0.6) is 5.75 Å². The lowest BCUT2D eigenvalue weighted by Crippen LogP contribution is -2.38. The SMILES string of the molecule is Cc1nc(Nc2cccc(OCCN3CCOCC3)c2)nn1C(=O)c1ccccc1. The van der Waals surface area contributed by atoms with Crippen molar-refractivity contribution in [3.8, 4) is 5.75 Å². The predicted molar refractivity (Wildman–Crippen MR) is 113 cm³/mol. The molecule has 0 atom stereocenters. The standard InChI is InChI=1S/C22H25N5O3/c1-17-23-22(25-27(17)21(28)18-6-3-2-4-7-18)24-19-8-5-9-20(16-19)30-15-12-26-10-13-29-14-11-26/h2-9,16H,10-15H2,1H3,(H,24,25). The highest BCUT2D eigenvalue weighted by molar-refractivity contribution is 5.95. The van der Waals surface area contributed by atoms with Gasteiger partial charge in [0.2, 0.25) is 5.95 Å². The molecule has 2 aromatic carbocycles. The third-order valence-electron chi connectivity index (χ3n) is 4.85. The quantitative estimate of drug-likeness (QED) is 0.645. The molecule has 8 heteroatoms. The zero-order valence-electron chi connectivity index (χ0n) is 17.0. The Bertz CT molecular complexity index is 983. The molecule has 1 saturated heterocycles. The van der Waals surface area contributed by atoms with Gasteiger partial charge in [-0.15, -0.1) is 5.10 Å². The summed E-state index contributed by atoms with van der Waals surface area (Å²) in [6.07, 6.45) is 0. The maximum absolute atomic E-state index is 12.6. The van der Waals surface area contributed by atoms with Crippen LogP contribution in [-0.4, -0.2) is 65.0 Å². The first-order valence-electron chi connectivity index (χ1n) is 10.0. The fraction of sp³-hybridized carbons (Fsp3) is 0.318. The van der Waals surface area contributed by atoms with E-state index in [1.165, 1.54) is 4.68 Å². The number of rotatable bonds is 7. The molecule has 2 heterocycles. The highest BCUT2D eigenvalue weighted by Crippen LogP contribution is 2.20. The molecule has 156 valence electrons. The Morgan fingerprint density at radius 2 is 1.93 bits per heavy atom. The van der Waals surface area contributed by atoms with E-state index in [2.05, 4.69) is 20.3 Å². The van der Waals surface area contributed by atoms with Crippen molar-refractivity contribution in [1.82, 2.24) is 19.7 Å². The summed E-state index contributed by atoms with van der Waals surface area (Å²) in [7, 11) is 0. The zero-order chi connectivity index (χ0) is 20.8. The summed E-state index contributed by atoms with van der Waals surface area (Å²) in [5, 5.41) is 7.47. The van der Waals surface area contributed by atoms with Crippen LogP contribution in [0.25, 0.3) is 0 Å². The van der Waals surface area contributed by atoms with Gasteiger partial charge in [0, 0.05) is 37.0 Å². The number of nitrogens with one attached hydrogen (secondary N) is 1. The first-order chi connectivity index (χ1) is 14.7. The number of carbonyl (C=O) groups is 1. The van der Waals surface area contributed by atoms with Gasteiger partial charge in [-0.2, -0.15) is 9.67 Å². The number of hydrogen-bond acceptors (Lipinski definition) is 7. The number of aromatic nitrogens is 3. The van der Waals surface area contributed by atoms with Crippen LogP contribution in [0.1, 0.15) is 16.2 Å². The molecule has 0 spiro atoms. The molecule has 30 heavy (non-hydrogen) atoms. The van der Waals surface area contributed by atoms with E-state index >= 15 is 0 Å². The maximum Gasteiger partial charge on any atom is 0.279 e. The lowest BCUT2D eigenvalue weighted by atomic mass is 10.2. The maximum atomic E-state index is 12.6. The third-order valence-corrected chi connectivity index (χ3v) is 4.85. The van der Waals surface area contributed by atoms with Crippen molar-refractivity contribution in [3.05, 3.63) is 66.0 Å². The van der Waals surface area contributed by atoms with E-state index in [-0.39, 0.29) is 5.91 Å². The summed E-state index contributed by atoms with van der Waals surface area (Å²) in [6.45, 7) is 6.69. The lowest BCUT2D eigenvalue weighted by molar-refractivity contribution is 0.0322. The van der Waals surface area contributed by atoms with Gasteiger partial charge >= 0.3 is 0 Å². The van der Waals surface area contributed by atoms with E-state index < -0.39 is 0 Å². The average Bonchev–Trinajstić information content (AvgIpc) is 3.14. The first kappa shape index (κ1) is 20.1. The second-order valence-electron chi connectivity index (χ2n) is 7.02. The molecule has 1 aliphatic heterocycles. The van der Waals surface area contributed by atoms with Crippen molar-refractivity contribution >= 4 is 17.5 Å². The molecule has 0 saturated carbocycles. The van der Waals surface area contributed by atoms with Gasteiger partial charge in [0.1, 0.15) is 18.2 Å². The van der Waals surface area contributed by atoms with Crippen LogP contribution < -0.4 is 10.1 Å². The normalized spacial score (nSPS) is 14.4. The number of nitrogens with zero attached hydrogens (tertiary/aromatic N) is 4. The molecule has 0 bridgehead atoms. The summed E-state index contributed by atoms with van der Waals surface area (Å²) >= 11 is 0. The van der Waals surface area contributed by atoms with Gasteiger partial charge in [-0.1, -0.05) is 24.3 Å². The smallest absolute Gasteiger partial charge is 0.279 e. The highest BCUT2D eigenvalue weighted by atomic mass is 16.5. The minimum atomic E-state index is -0.214. The molecule has 0 radical (unpaired) electrons. The van der Waals surface area contributed by atoms with E-state index in [4.69, 9.17) is 9.47 Å². The third kappa shape index (κ3) is 5.03. The van der Waals surface area contributed by atoms with Crippen LogP contribution >= 0.6 is 0 Å². The van der Waals surface area contributed by atoms with Gasteiger partial charge in [0.15, 0.2) is 0 Å². The molecule has 1 aromatic heterocycles. The van der Waals surface area contributed by atoms with E-state index in [0.717, 1.165) is 44.3 Å². The molecule has 4 rings (SSSR count). The van der Waals surface area contributed by atoms with Gasteiger partial charge < -0.3 is 14.8 Å². The number of carbonyl (C=O) groups excluding carboxylic acids is 1. The molecular formula is C22H25N5O3. The van der Waals surface area contributed by atoms with Crippen LogP contribution in [0.15, 0.2) is 54.6 Å². The Morgan fingerprint density at radius 1 is 1.13 bits per heavy atom. The molecule has 1 aliphatic rings. The van der Waals surface area contributed by atoms with Crippen molar-refractivity contribution in [2.75, 3.05) is 44.8 Å². The Kier molecular flexibility index (Phi) is 6.36. The van der Waals surface area contributed by atoms with Gasteiger partial charge in [-0.05, 0) is 31.2 Å². The predicted octanol–water partition coefficient (Wildman–Crippen LogP) is 2.73. The van der Waals surface area contributed by atoms with Crippen molar-refractivity contribution in [2.45, 2.75) is 6.92 Å². The Labute approximate surface area is 175 Å². The topological polar surface area (TPSA) is 81.5 Å². The Hall–Kier alpha value is -3.23. The average molecular weight is 407 g/mol. The molecule has 8 nitrogen and oxygen atoms in total. The molecular weight excluding hydrogens is 382 g/mol. The molecule has 0 aliphatic carbocycles. The molecule has 0 unspecified atom stereocenters. The van der Waals surface area contributed by atoms with Gasteiger partial charge in [-0.25, -0.2) is 0 Å². The Balaban J connectivity index is 1.37. The summed E-state index contributed by atoms with van der Waals surface area (Å²) in [5.41, 5.74) is 1.36. The number of morpholine rings is 1. The second kappa shape index (κ2) is 9.51. The lowest BCUT2D eigenvalue weighted by Gasteiger charge is -2.26. The first-order valence-corrected chi connectivity index (χ1v) is 10.0. The summed E-state index contributed by atoms with van der Waals surface area (Å²) in [5.74, 6) is 1.44. The van der Waals surface area contributed by atoms with Crippen LogP contribution in [0, 0.1) is 6.92 Å². The molecule has 0 amide bonds. The van der Waals surface area contributed by atoms with E-state index in [9.17, 15) is 4.79 Å². The number of aryl methyl sites for hydroxylation is 1. The van der Waals surface area contributed by atoms with Crippen molar-refractivity contribution in [1.29, 1.82) is 0 Å². The second-order valence-corrected chi connectivity index (χ2v) is 7.02. The Morgan fingerprint density at radius 3 is 2.73 bits per heavy atom. The highest BCUT2D eigenvalue weighted by Gasteiger charge is 2.15. The van der Waals surface area contributed by atoms with E-state index in [0.29, 0.717) is 23.9 Å². The van der Waals surface area contributed by atoms with Crippen LogP contribution in [0.2, 0.25) is 0 Å². The monoisotopic (exact) mass is 407 g/mol. The fourth-order valence-electron chi connectivity index (χ4n) is 3.25.